The topological polar surface area (TPSA) is 116 Å². The minimum atomic E-state index is -3.09. The minimum Gasteiger partial charge on any atom is -0.457 e. The number of aryl methyl sites for hydroxylation is 1. The Morgan fingerprint density at radius 3 is 2.59 bits per heavy atom. The maximum Gasteiger partial charge on any atom is 0.387 e. The lowest BCUT2D eigenvalue weighted by atomic mass is 10.1. The van der Waals surface area contributed by atoms with Crippen LogP contribution in [0.1, 0.15) is 15.9 Å². The van der Waals surface area contributed by atoms with Crippen molar-refractivity contribution < 1.29 is 27.8 Å². The zero-order valence-electron chi connectivity index (χ0n) is 22.3. The molecule has 0 spiro atoms. The van der Waals surface area contributed by atoms with Crippen LogP contribution in [0.5, 0.6) is 17.2 Å². The molecule has 0 saturated heterocycles. The number of carbonyl (C=O) groups excluding carboxylic acids is 2. The number of benzene rings is 2. The van der Waals surface area contributed by atoms with Crippen LogP contribution in [-0.2, 0) is 18.3 Å². The Hall–Kier alpha value is -5.33. The molecule has 5 aromatic rings. The fraction of sp³-hybridized carbons (Fsp3) is 0.179. The summed E-state index contributed by atoms with van der Waals surface area (Å²) in [6.07, 6.45) is 6.37. The van der Waals surface area contributed by atoms with Gasteiger partial charge in [-0.05, 0) is 42.0 Å². The summed E-state index contributed by atoms with van der Waals surface area (Å²) in [5, 5.41) is 11.3. The van der Waals surface area contributed by atoms with Gasteiger partial charge < -0.3 is 19.7 Å². The predicted molar refractivity (Wildman–Crippen MR) is 145 cm³/mol. The number of amides is 2. The third-order valence-electron chi connectivity index (χ3n) is 6.04. The molecule has 0 aliphatic rings. The van der Waals surface area contributed by atoms with Crippen LogP contribution in [-0.4, -0.2) is 61.8 Å². The molecule has 0 aliphatic carbocycles. The Bertz CT molecular complexity index is 1710. The lowest BCUT2D eigenvalue weighted by molar-refractivity contribution is -0.127. The van der Waals surface area contributed by atoms with Crippen LogP contribution in [0.15, 0.2) is 73.3 Å². The molecule has 2 aromatic carbocycles. The summed E-state index contributed by atoms with van der Waals surface area (Å²) in [7, 11) is 5.01. The molecule has 13 heteroatoms. The smallest absolute Gasteiger partial charge is 0.387 e. The first kappa shape index (κ1) is 27.2. The second kappa shape index (κ2) is 11.4. The van der Waals surface area contributed by atoms with Crippen LogP contribution < -0.4 is 14.8 Å². The van der Waals surface area contributed by atoms with Gasteiger partial charge in [0.05, 0.1) is 23.9 Å². The quantitative estimate of drug-likeness (QED) is 0.284. The van der Waals surface area contributed by atoms with Crippen LogP contribution in [0.25, 0.3) is 16.9 Å². The molecular formula is C28H25F2N7O4. The largest absolute Gasteiger partial charge is 0.457 e. The van der Waals surface area contributed by atoms with Gasteiger partial charge in [-0.2, -0.15) is 19.0 Å². The van der Waals surface area contributed by atoms with Gasteiger partial charge in [0.25, 0.3) is 5.91 Å². The number of nitrogens with zero attached hydrogens (tertiary/aromatic N) is 6. The van der Waals surface area contributed by atoms with Crippen molar-refractivity contribution in [2.45, 2.75) is 13.0 Å². The van der Waals surface area contributed by atoms with Crippen molar-refractivity contribution >= 4 is 23.1 Å². The first-order valence-corrected chi connectivity index (χ1v) is 12.4. The molecule has 5 rings (SSSR count). The number of rotatable bonds is 9. The number of fused-ring (bicyclic) bond motifs is 1. The monoisotopic (exact) mass is 561 g/mol. The van der Waals surface area contributed by atoms with E-state index in [0.29, 0.717) is 17.1 Å². The molecule has 0 saturated carbocycles. The number of ether oxygens (including phenoxy) is 2. The highest BCUT2D eigenvalue weighted by Crippen LogP contribution is 2.38. The first-order chi connectivity index (χ1) is 19.7. The summed E-state index contributed by atoms with van der Waals surface area (Å²) in [5.41, 5.74) is 1.99. The van der Waals surface area contributed by atoms with Crippen LogP contribution in [0, 0.1) is 0 Å². The molecule has 3 heterocycles. The van der Waals surface area contributed by atoms with E-state index >= 15 is 0 Å². The predicted octanol–water partition coefficient (Wildman–Crippen LogP) is 4.41. The van der Waals surface area contributed by atoms with Crippen LogP contribution in [0.2, 0.25) is 0 Å². The number of hydrogen-bond donors (Lipinski definition) is 1. The average Bonchev–Trinajstić information content (AvgIpc) is 3.53. The van der Waals surface area contributed by atoms with Gasteiger partial charge in [-0.1, -0.05) is 12.1 Å². The van der Waals surface area contributed by atoms with Gasteiger partial charge in [0.1, 0.15) is 28.5 Å². The average molecular weight is 562 g/mol. The molecule has 0 atom stereocenters. The summed E-state index contributed by atoms with van der Waals surface area (Å²) >= 11 is 0. The number of halogens is 2. The van der Waals surface area contributed by atoms with Crippen LogP contribution in [0.3, 0.4) is 0 Å². The third kappa shape index (κ3) is 6.13. The maximum absolute atomic E-state index is 13.3. The number of nitrogens with one attached hydrogen (secondary N) is 1. The number of hydrogen-bond acceptors (Lipinski definition) is 7. The first-order valence-electron chi connectivity index (χ1n) is 12.4. The Labute approximate surface area is 232 Å². The minimum absolute atomic E-state index is 0.0333. The Balaban J connectivity index is 1.44. The zero-order chi connectivity index (χ0) is 29.1. The number of aromatic nitrogens is 5. The SMILES string of the molecule is CN(C)C(=O)Cc1ccc(Oc2ccc(OC(F)F)c(-c3nn(C)cc3NC(=O)c3cnn4cccnc34)c2)cc1. The van der Waals surface area contributed by atoms with E-state index < -0.39 is 12.5 Å². The summed E-state index contributed by atoms with van der Waals surface area (Å²) in [4.78, 5) is 30.8. The van der Waals surface area contributed by atoms with Crippen molar-refractivity contribution in [3.05, 3.63) is 84.4 Å². The van der Waals surface area contributed by atoms with Crippen molar-refractivity contribution in [1.82, 2.24) is 29.3 Å². The zero-order valence-corrected chi connectivity index (χ0v) is 22.3. The van der Waals surface area contributed by atoms with Gasteiger partial charge in [-0.25, -0.2) is 9.50 Å². The molecule has 2 amide bonds. The maximum atomic E-state index is 13.3. The molecular weight excluding hydrogens is 536 g/mol. The van der Waals surface area contributed by atoms with E-state index in [-0.39, 0.29) is 40.6 Å². The summed E-state index contributed by atoms with van der Waals surface area (Å²) in [6.45, 7) is -3.09. The molecule has 11 nitrogen and oxygen atoms in total. The Morgan fingerprint density at radius 1 is 1.10 bits per heavy atom. The molecule has 41 heavy (non-hydrogen) atoms. The lowest BCUT2D eigenvalue weighted by Crippen LogP contribution is -2.23. The number of anilines is 1. The van der Waals surface area contributed by atoms with Gasteiger partial charge in [0.2, 0.25) is 5.91 Å². The van der Waals surface area contributed by atoms with E-state index in [1.807, 2.05) is 0 Å². The second-order valence-corrected chi connectivity index (χ2v) is 9.21. The highest BCUT2D eigenvalue weighted by atomic mass is 19.3. The van der Waals surface area contributed by atoms with Gasteiger partial charge in [-0.15, -0.1) is 0 Å². The van der Waals surface area contributed by atoms with E-state index in [0.717, 1.165) is 5.56 Å². The number of alkyl halides is 2. The molecule has 0 aliphatic heterocycles. The molecule has 0 fully saturated rings. The lowest BCUT2D eigenvalue weighted by Gasteiger charge is -2.14. The third-order valence-corrected chi connectivity index (χ3v) is 6.04. The van der Waals surface area contributed by atoms with Crippen molar-refractivity contribution in [2.75, 3.05) is 19.4 Å². The highest BCUT2D eigenvalue weighted by Gasteiger charge is 2.22. The fourth-order valence-electron chi connectivity index (χ4n) is 4.06. The van der Waals surface area contributed by atoms with Gasteiger partial charge in [0.15, 0.2) is 5.65 Å². The van der Waals surface area contributed by atoms with Crippen molar-refractivity contribution in [2.24, 2.45) is 7.05 Å². The summed E-state index contributed by atoms with van der Waals surface area (Å²) < 4.78 is 40.2. The van der Waals surface area contributed by atoms with Gasteiger partial charge in [-0.3, -0.25) is 14.3 Å². The van der Waals surface area contributed by atoms with Crippen LogP contribution >= 0.6 is 0 Å². The summed E-state index contributed by atoms with van der Waals surface area (Å²) in [6, 6.07) is 13.0. The normalized spacial score (nSPS) is 11.1. The Morgan fingerprint density at radius 2 is 1.85 bits per heavy atom. The van der Waals surface area contributed by atoms with E-state index in [4.69, 9.17) is 9.47 Å². The van der Waals surface area contributed by atoms with E-state index in [9.17, 15) is 18.4 Å². The van der Waals surface area contributed by atoms with E-state index in [1.54, 1.807) is 70.1 Å². The number of likely N-dealkylation sites (N-methyl/N-ethyl adjacent to an activating group) is 1. The molecule has 0 unspecified atom stereocenters. The van der Waals surface area contributed by atoms with Gasteiger partial charge >= 0.3 is 6.61 Å². The van der Waals surface area contributed by atoms with Crippen molar-refractivity contribution in [1.29, 1.82) is 0 Å². The molecule has 0 radical (unpaired) electrons. The Kier molecular flexibility index (Phi) is 7.59. The molecule has 0 bridgehead atoms. The van der Waals surface area contributed by atoms with E-state index in [1.165, 1.54) is 38.5 Å². The molecule has 3 aromatic heterocycles. The van der Waals surface area contributed by atoms with Crippen LogP contribution in [0.4, 0.5) is 14.5 Å². The molecule has 1 N–H and O–H groups in total. The highest BCUT2D eigenvalue weighted by molar-refractivity contribution is 6.09. The summed E-state index contributed by atoms with van der Waals surface area (Å²) in [5.74, 6) is 0.0819. The standard InChI is InChI=1S/C28H25F2N7O4/c1-35(2)24(38)13-17-5-7-18(8-6-17)40-19-9-10-23(41-28(29)30)20(14-19)25-22(16-36(3)34-25)33-27(39)21-15-32-37-12-4-11-31-26(21)37/h4-12,14-16,28H,13H2,1-3H3,(H,33,39). The van der Waals surface area contributed by atoms with Crippen molar-refractivity contribution in [3.8, 4) is 28.5 Å². The number of carbonyl (C=O) groups is 2. The van der Waals surface area contributed by atoms with E-state index in [2.05, 4.69) is 20.5 Å². The fourth-order valence-corrected chi connectivity index (χ4v) is 4.06. The molecule has 210 valence electrons. The van der Waals surface area contributed by atoms with Crippen molar-refractivity contribution in [3.63, 3.8) is 0 Å². The second-order valence-electron chi connectivity index (χ2n) is 9.21. The van der Waals surface area contributed by atoms with Gasteiger partial charge in [0, 0.05) is 39.7 Å².